The molecular weight excluding hydrogens is 304 g/mol. The summed E-state index contributed by atoms with van der Waals surface area (Å²) >= 11 is 0. The van der Waals surface area contributed by atoms with Crippen LogP contribution in [0, 0.1) is 0 Å². The number of para-hydroxylation sites is 1. The summed E-state index contributed by atoms with van der Waals surface area (Å²) in [5, 5.41) is 4.16. The molecule has 2 heterocycles. The fourth-order valence-electron chi connectivity index (χ4n) is 3.36. The normalized spacial score (nSPS) is 24.1. The van der Waals surface area contributed by atoms with Crippen molar-refractivity contribution >= 4 is 11.6 Å². The van der Waals surface area contributed by atoms with Crippen molar-refractivity contribution in [3.05, 3.63) is 41.5 Å². The number of anilines is 1. The number of benzene rings is 1. The fourth-order valence-corrected chi connectivity index (χ4v) is 3.36. The molecule has 0 spiro atoms. The van der Waals surface area contributed by atoms with E-state index in [0.717, 1.165) is 37.4 Å². The monoisotopic (exact) mass is 326 g/mol. The van der Waals surface area contributed by atoms with E-state index in [1.54, 1.807) is 12.1 Å². The maximum absolute atomic E-state index is 12.9. The lowest BCUT2D eigenvalue weighted by Gasteiger charge is -2.37. The molecule has 0 bridgehead atoms. The summed E-state index contributed by atoms with van der Waals surface area (Å²) in [6.45, 7) is 2.69. The molecule has 1 aliphatic heterocycles. The summed E-state index contributed by atoms with van der Waals surface area (Å²) in [7, 11) is 0. The molecule has 4 rings (SSSR count). The predicted octanol–water partition coefficient (Wildman–Crippen LogP) is 2.94. The van der Waals surface area contributed by atoms with Gasteiger partial charge < -0.3 is 15.2 Å². The molecule has 0 radical (unpaired) electrons. The molecule has 2 aromatic rings. The standard InChI is InChI=1S/C18H22N4O2/c1-11-6-7-13(16-20-17(24-21-16)12-8-9-12)10-22(11)18(23)14-4-2-3-5-15(14)19/h2-5,11-13H,6-10,19H2,1H3/t11-,13-/m1/s1. The van der Waals surface area contributed by atoms with Gasteiger partial charge in [0.1, 0.15) is 0 Å². The van der Waals surface area contributed by atoms with Gasteiger partial charge in [-0.05, 0) is 44.7 Å². The van der Waals surface area contributed by atoms with E-state index in [4.69, 9.17) is 10.3 Å². The van der Waals surface area contributed by atoms with Crippen LogP contribution in [-0.4, -0.2) is 33.5 Å². The molecule has 0 unspecified atom stereocenters. The molecule has 6 heteroatoms. The summed E-state index contributed by atoms with van der Waals surface area (Å²) in [5.41, 5.74) is 7.06. The molecule has 126 valence electrons. The van der Waals surface area contributed by atoms with Gasteiger partial charge in [0.05, 0.1) is 5.56 Å². The Morgan fingerprint density at radius 3 is 2.71 bits per heavy atom. The second kappa shape index (κ2) is 5.92. The molecular formula is C18H22N4O2. The Bertz CT molecular complexity index is 753. The van der Waals surface area contributed by atoms with Crippen LogP contribution in [0.4, 0.5) is 5.69 Å². The maximum atomic E-state index is 12.9. The van der Waals surface area contributed by atoms with Crippen LogP contribution in [-0.2, 0) is 0 Å². The molecule has 1 aromatic heterocycles. The fraction of sp³-hybridized carbons (Fsp3) is 0.500. The zero-order valence-electron chi connectivity index (χ0n) is 13.8. The third-order valence-corrected chi connectivity index (χ3v) is 5.08. The molecule has 2 N–H and O–H groups in total. The van der Waals surface area contributed by atoms with Crippen LogP contribution in [0.3, 0.4) is 0 Å². The molecule has 24 heavy (non-hydrogen) atoms. The van der Waals surface area contributed by atoms with Crippen LogP contribution in [0.15, 0.2) is 28.8 Å². The quantitative estimate of drug-likeness (QED) is 0.877. The average molecular weight is 326 g/mol. The Morgan fingerprint density at radius 1 is 1.21 bits per heavy atom. The summed E-state index contributed by atoms with van der Waals surface area (Å²) in [4.78, 5) is 19.4. The van der Waals surface area contributed by atoms with Gasteiger partial charge in [-0.15, -0.1) is 0 Å². The minimum absolute atomic E-state index is 0.0174. The van der Waals surface area contributed by atoms with Crippen molar-refractivity contribution in [2.45, 2.75) is 50.5 Å². The van der Waals surface area contributed by atoms with Crippen LogP contribution in [0.25, 0.3) is 0 Å². The number of amides is 1. The highest BCUT2D eigenvalue weighted by molar-refractivity contribution is 5.99. The van der Waals surface area contributed by atoms with Crippen molar-refractivity contribution in [3.63, 3.8) is 0 Å². The van der Waals surface area contributed by atoms with Crippen molar-refractivity contribution in [2.75, 3.05) is 12.3 Å². The van der Waals surface area contributed by atoms with E-state index in [9.17, 15) is 4.79 Å². The van der Waals surface area contributed by atoms with E-state index in [2.05, 4.69) is 17.1 Å². The minimum Gasteiger partial charge on any atom is -0.398 e. The van der Waals surface area contributed by atoms with Crippen molar-refractivity contribution < 1.29 is 9.32 Å². The molecule has 6 nitrogen and oxygen atoms in total. The minimum atomic E-state index is -0.0174. The van der Waals surface area contributed by atoms with Gasteiger partial charge in [0.2, 0.25) is 5.89 Å². The van der Waals surface area contributed by atoms with Crippen LogP contribution >= 0.6 is 0 Å². The highest BCUT2D eigenvalue weighted by Gasteiger charge is 2.35. The Balaban J connectivity index is 1.54. The Kier molecular flexibility index (Phi) is 3.75. The predicted molar refractivity (Wildman–Crippen MR) is 89.6 cm³/mol. The number of carbonyl (C=O) groups is 1. The van der Waals surface area contributed by atoms with Gasteiger partial charge in [-0.25, -0.2) is 0 Å². The van der Waals surface area contributed by atoms with E-state index in [1.165, 1.54) is 0 Å². The van der Waals surface area contributed by atoms with E-state index in [-0.39, 0.29) is 17.9 Å². The maximum Gasteiger partial charge on any atom is 0.256 e. The molecule has 1 aliphatic carbocycles. The lowest BCUT2D eigenvalue weighted by Crippen LogP contribution is -2.45. The first-order valence-electron chi connectivity index (χ1n) is 8.62. The molecule has 2 atom stereocenters. The summed E-state index contributed by atoms with van der Waals surface area (Å²) in [6, 6.07) is 7.42. The van der Waals surface area contributed by atoms with Gasteiger partial charge in [0.25, 0.3) is 5.91 Å². The number of aromatic nitrogens is 2. The zero-order valence-corrected chi connectivity index (χ0v) is 13.8. The highest BCUT2D eigenvalue weighted by Crippen LogP contribution is 2.40. The summed E-state index contributed by atoms with van der Waals surface area (Å²) in [6.07, 6.45) is 4.18. The highest BCUT2D eigenvalue weighted by atomic mass is 16.5. The SMILES string of the molecule is C[C@@H]1CC[C@@H](c2noc(C3CC3)n2)CN1C(=O)c1ccccc1N. The molecule has 1 saturated heterocycles. The number of nitrogen functional groups attached to an aromatic ring is 1. The molecule has 1 amide bonds. The number of nitrogens with two attached hydrogens (primary N) is 1. The van der Waals surface area contributed by atoms with Crippen molar-refractivity contribution in [2.24, 2.45) is 0 Å². The van der Waals surface area contributed by atoms with Gasteiger partial charge in [0.15, 0.2) is 5.82 Å². The third kappa shape index (κ3) is 2.77. The second-order valence-corrected chi connectivity index (χ2v) is 6.93. The van der Waals surface area contributed by atoms with E-state index in [0.29, 0.717) is 23.7 Å². The topological polar surface area (TPSA) is 85.2 Å². The van der Waals surface area contributed by atoms with Gasteiger partial charge in [-0.1, -0.05) is 17.3 Å². The third-order valence-electron chi connectivity index (χ3n) is 5.08. The van der Waals surface area contributed by atoms with Gasteiger partial charge >= 0.3 is 0 Å². The molecule has 1 saturated carbocycles. The Labute approximate surface area is 141 Å². The van der Waals surface area contributed by atoms with E-state index < -0.39 is 0 Å². The van der Waals surface area contributed by atoms with Crippen LogP contribution in [0.5, 0.6) is 0 Å². The van der Waals surface area contributed by atoms with Crippen LogP contribution in [0.1, 0.15) is 66.5 Å². The molecule has 2 aliphatic rings. The number of likely N-dealkylation sites (tertiary alicyclic amines) is 1. The Hall–Kier alpha value is -2.37. The first-order valence-corrected chi connectivity index (χ1v) is 8.62. The number of carbonyl (C=O) groups excluding carboxylic acids is 1. The van der Waals surface area contributed by atoms with E-state index >= 15 is 0 Å². The number of rotatable bonds is 3. The number of hydrogen-bond acceptors (Lipinski definition) is 5. The zero-order chi connectivity index (χ0) is 16.7. The first kappa shape index (κ1) is 15.2. The average Bonchev–Trinajstić information content (AvgIpc) is 3.33. The number of hydrogen-bond donors (Lipinski definition) is 1. The first-order chi connectivity index (χ1) is 11.6. The lowest BCUT2D eigenvalue weighted by atomic mass is 9.92. The number of nitrogens with zero attached hydrogens (tertiary/aromatic N) is 3. The second-order valence-electron chi connectivity index (χ2n) is 6.93. The van der Waals surface area contributed by atoms with E-state index in [1.807, 2.05) is 17.0 Å². The summed E-state index contributed by atoms with van der Waals surface area (Å²) in [5.74, 6) is 2.06. The Morgan fingerprint density at radius 2 is 1.96 bits per heavy atom. The summed E-state index contributed by atoms with van der Waals surface area (Å²) < 4.78 is 5.38. The van der Waals surface area contributed by atoms with Gasteiger partial charge in [-0.2, -0.15) is 4.98 Å². The lowest BCUT2D eigenvalue weighted by molar-refractivity contribution is 0.0606. The van der Waals surface area contributed by atoms with Crippen molar-refractivity contribution in [1.29, 1.82) is 0 Å². The van der Waals surface area contributed by atoms with Crippen molar-refractivity contribution in [1.82, 2.24) is 15.0 Å². The van der Waals surface area contributed by atoms with Gasteiger partial charge in [0, 0.05) is 30.1 Å². The van der Waals surface area contributed by atoms with Crippen LogP contribution in [0.2, 0.25) is 0 Å². The molecule has 1 aromatic carbocycles. The number of piperidine rings is 1. The molecule has 2 fully saturated rings. The van der Waals surface area contributed by atoms with Crippen molar-refractivity contribution in [3.8, 4) is 0 Å². The largest absolute Gasteiger partial charge is 0.398 e. The van der Waals surface area contributed by atoms with Crippen LogP contribution < -0.4 is 5.73 Å². The van der Waals surface area contributed by atoms with Gasteiger partial charge in [-0.3, -0.25) is 4.79 Å². The smallest absolute Gasteiger partial charge is 0.256 e.